The summed E-state index contributed by atoms with van der Waals surface area (Å²) in [5.41, 5.74) is 7.17. The zero-order valence-electron chi connectivity index (χ0n) is 10.2. The van der Waals surface area contributed by atoms with Gasteiger partial charge in [-0.3, -0.25) is 0 Å². The van der Waals surface area contributed by atoms with Gasteiger partial charge in [0.15, 0.2) is 12.1 Å². The standard InChI is InChI=1S/C13H13N3O3/c14-8-15-11-3-1-2-10(6-11)4-5-19-13(17)12-7-18-9-16-12/h1-3,6-9H,4-5H2,(H2,14,15). The van der Waals surface area contributed by atoms with Crippen LogP contribution in [-0.4, -0.2) is 23.9 Å². The van der Waals surface area contributed by atoms with Crippen LogP contribution in [0, 0.1) is 0 Å². The highest BCUT2D eigenvalue weighted by atomic mass is 16.5. The fourth-order valence-corrected chi connectivity index (χ4v) is 1.53. The van der Waals surface area contributed by atoms with Crippen molar-refractivity contribution in [3.63, 3.8) is 0 Å². The monoisotopic (exact) mass is 259 g/mol. The highest BCUT2D eigenvalue weighted by Gasteiger charge is 2.09. The molecular weight excluding hydrogens is 246 g/mol. The molecule has 1 aromatic heterocycles. The first-order chi connectivity index (χ1) is 9.29. The minimum absolute atomic E-state index is 0.168. The quantitative estimate of drug-likeness (QED) is 0.501. The number of hydrogen-bond donors (Lipinski definition) is 1. The predicted molar refractivity (Wildman–Crippen MR) is 69.3 cm³/mol. The second kappa shape index (κ2) is 6.34. The van der Waals surface area contributed by atoms with E-state index in [0.29, 0.717) is 6.42 Å². The molecule has 2 rings (SSSR count). The summed E-state index contributed by atoms with van der Waals surface area (Å²) >= 11 is 0. The van der Waals surface area contributed by atoms with Crippen molar-refractivity contribution in [2.24, 2.45) is 10.7 Å². The molecule has 0 unspecified atom stereocenters. The normalized spacial score (nSPS) is 10.7. The van der Waals surface area contributed by atoms with Gasteiger partial charge in [-0.05, 0) is 17.7 Å². The second-order valence-corrected chi connectivity index (χ2v) is 3.71. The summed E-state index contributed by atoms with van der Waals surface area (Å²) in [6, 6.07) is 7.53. The molecule has 2 aromatic rings. The fraction of sp³-hybridized carbons (Fsp3) is 0.154. The molecule has 0 aliphatic carbocycles. The molecule has 1 aromatic carbocycles. The SMILES string of the molecule is NC=Nc1cccc(CCOC(=O)c2cocn2)c1. The van der Waals surface area contributed by atoms with E-state index in [1.165, 1.54) is 19.0 Å². The molecule has 19 heavy (non-hydrogen) atoms. The van der Waals surface area contributed by atoms with E-state index in [0.717, 1.165) is 11.3 Å². The predicted octanol–water partition coefficient (Wildman–Crippen LogP) is 1.69. The van der Waals surface area contributed by atoms with E-state index in [9.17, 15) is 4.79 Å². The number of benzene rings is 1. The van der Waals surface area contributed by atoms with Crippen molar-refractivity contribution < 1.29 is 13.9 Å². The summed E-state index contributed by atoms with van der Waals surface area (Å²) in [7, 11) is 0. The molecule has 0 atom stereocenters. The average molecular weight is 259 g/mol. The van der Waals surface area contributed by atoms with Crippen LogP contribution in [0.25, 0.3) is 0 Å². The molecule has 0 aliphatic heterocycles. The Balaban J connectivity index is 1.85. The first kappa shape index (κ1) is 12.8. The van der Waals surface area contributed by atoms with E-state index in [1.807, 2.05) is 24.3 Å². The van der Waals surface area contributed by atoms with Gasteiger partial charge in [0.05, 0.1) is 18.6 Å². The van der Waals surface area contributed by atoms with Gasteiger partial charge in [0.2, 0.25) is 0 Å². The molecule has 1 heterocycles. The molecule has 6 nitrogen and oxygen atoms in total. The maximum Gasteiger partial charge on any atom is 0.360 e. The van der Waals surface area contributed by atoms with Gasteiger partial charge in [0, 0.05) is 6.42 Å². The molecule has 0 bridgehead atoms. The van der Waals surface area contributed by atoms with Gasteiger partial charge in [-0.25, -0.2) is 14.8 Å². The van der Waals surface area contributed by atoms with Gasteiger partial charge in [-0.1, -0.05) is 12.1 Å². The van der Waals surface area contributed by atoms with Gasteiger partial charge < -0.3 is 14.9 Å². The number of carbonyl (C=O) groups is 1. The van der Waals surface area contributed by atoms with Gasteiger partial charge in [0.1, 0.15) is 6.26 Å². The Labute approximate surface area is 109 Å². The zero-order chi connectivity index (χ0) is 13.5. The molecule has 2 N–H and O–H groups in total. The van der Waals surface area contributed by atoms with E-state index in [-0.39, 0.29) is 12.3 Å². The molecule has 0 saturated carbocycles. The molecule has 98 valence electrons. The smallest absolute Gasteiger partial charge is 0.360 e. The summed E-state index contributed by atoms with van der Waals surface area (Å²) in [6.07, 6.45) is 4.27. The van der Waals surface area contributed by atoms with E-state index in [1.54, 1.807) is 0 Å². The number of esters is 1. The summed E-state index contributed by atoms with van der Waals surface area (Å²) in [4.78, 5) is 19.2. The maximum atomic E-state index is 11.5. The molecule has 6 heteroatoms. The highest BCUT2D eigenvalue weighted by Crippen LogP contribution is 2.14. The Kier molecular flexibility index (Phi) is 4.28. The largest absolute Gasteiger partial charge is 0.461 e. The van der Waals surface area contributed by atoms with Crippen molar-refractivity contribution in [1.29, 1.82) is 0 Å². The van der Waals surface area contributed by atoms with Crippen LogP contribution in [0.3, 0.4) is 0 Å². The van der Waals surface area contributed by atoms with Crippen LogP contribution in [-0.2, 0) is 11.2 Å². The number of ether oxygens (including phenoxy) is 1. The topological polar surface area (TPSA) is 90.7 Å². The first-order valence-corrected chi connectivity index (χ1v) is 5.68. The lowest BCUT2D eigenvalue weighted by molar-refractivity contribution is 0.0502. The van der Waals surface area contributed by atoms with Crippen LogP contribution in [0.2, 0.25) is 0 Å². The van der Waals surface area contributed by atoms with Crippen molar-refractivity contribution >= 4 is 18.0 Å². The molecule has 0 spiro atoms. The number of rotatable bonds is 5. The van der Waals surface area contributed by atoms with Crippen LogP contribution in [0.4, 0.5) is 5.69 Å². The van der Waals surface area contributed by atoms with Gasteiger partial charge >= 0.3 is 5.97 Å². The average Bonchev–Trinajstić information content (AvgIpc) is 2.93. The molecule has 0 radical (unpaired) electrons. The third-order valence-electron chi connectivity index (χ3n) is 2.40. The number of oxazole rings is 1. The van der Waals surface area contributed by atoms with Crippen LogP contribution in [0.5, 0.6) is 0 Å². The van der Waals surface area contributed by atoms with Gasteiger partial charge in [-0.15, -0.1) is 0 Å². The Morgan fingerprint density at radius 1 is 1.53 bits per heavy atom. The number of aliphatic imine (C=N–C) groups is 1. The zero-order valence-corrected chi connectivity index (χ0v) is 10.2. The van der Waals surface area contributed by atoms with Crippen molar-refractivity contribution in [2.45, 2.75) is 6.42 Å². The molecular formula is C13H13N3O3. The van der Waals surface area contributed by atoms with Gasteiger partial charge in [0.25, 0.3) is 0 Å². The molecule has 0 amide bonds. The van der Waals surface area contributed by atoms with E-state index < -0.39 is 5.97 Å². The number of nitrogens with zero attached hydrogens (tertiary/aromatic N) is 2. The number of hydrogen-bond acceptors (Lipinski definition) is 5. The lowest BCUT2D eigenvalue weighted by atomic mass is 10.1. The minimum Gasteiger partial charge on any atom is -0.461 e. The second-order valence-electron chi connectivity index (χ2n) is 3.71. The van der Waals surface area contributed by atoms with Crippen molar-refractivity contribution in [2.75, 3.05) is 6.61 Å². The van der Waals surface area contributed by atoms with E-state index in [4.69, 9.17) is 14.9 Å². The molecule has 0 fully saturated rings. The first-order valence-electron chi connectivity index (χ1n) is 5.68. The lowest BCUT2D eigenvalue weighted by Gasteiger charge is -2.03. The summed E-state index contributed by atoms with van der Waals surface area (Å²) in [5, 5.41) is 0. The van der Waals surface area contributed by atoms with Crippen LogP contribution < -0.4 is 5.73 Å². The van der Waals surface area contributed by atoms with Crippen LogP contribution in [0.1, 0.15) is 16.1 Å². The third-order valence-corrected chi connectivity index (χ3v) is 2.40. The Hall–Kier alpha value is -2.63. The van der Waals surface area contributed by atoms with E-state index >= 15 is 0 Å². The number of nitrogens with two attached hydrogens (primary N) is 1. The Morgan fingerprint density at radius 3 is 3.16 bits per heavy atom. The fourth-order valence-electron chi connectivity index (χ4n) is 1.53. The number of carbonyl (C=O) groups excluding carboxylic acids is 1. The van der Waals surface area contributed by atoms with Crippen molar-refractivity contribution in [3.8, 4) is 0 Å². The summed E-state index contributed by atoms with van der Waals surface area (Å²) in [6.45, 7) is 0.265. The highest BCUT2D eigenvalue weighted by molar-refractivity contribution is 5.86. The van der Waals surface area contributed by atoms with Crippen LogP contribution in [0.15, 0.2) is 46.3 Å². The van der Waals surface area contributed by atoms with Crippen molar-refractivity contribution in [3.05, 3.63) is 48.2 Å². The van der Waals surface area contributed by atoms with Gasteiger partial charge in [-0.2, -0.15) is 0 Å². The van der Waals surface area contributed by atoms with Crippen LogP contribution >= 0.6 is 0 Å². The minimum atomic E-state index is -0.495. The lowest BCUT2D eigenvalue weighted by Crippen LogP contribution is -2.08. The van der Waals surface area contributed by atoms with E-state index in [2.05, 4.69) is 9.98 Å². The number of aromatic nitrogens is 1. The maximum absolute atomic E-state index is 11.5. The van der Waals surface area contributed by atoms with Crippen molar-refractivity contribution in [1.82, 2.24) is 4.98 Å². The summed E-state index contributed by atoms with van der Waals surface area (Å²) in [5.74, 6) is -0.495. The molecule has 0 aliphatic rings. The third kappa shape index (κ3) is 3.67. The molecule has 0 saturated heterocycles. The summed E-state index contributed by atoms with van der Waals surface area (Å²) < 4.78 is 9.77. The Morgan fingerprint density at radius 2 is 2.42 bits per heavy atom. The Bertz CT molecular complexity index is 564.